The number of hydrogen-bond acceptors (Lipinski definition) is 2. The van der Waals surface area contributed by atoms with Crippen molar-refractivity contribution in [3.8, 4) is 5.69 Å². The molecule has 0 spiro atoms. The third-order valence-electron chi connectivity index (χ3n) is 6.53. The Kier molecular flexibility index (Phi) is 4.58. The second kappa shape index (κ2) is 7.02. The third-order valence-corrected chi connectivity index (χ3v) is 6.53. The highest BCUT2D eigenvalue weighted by Gasteiger charge is 2.41. The molecule has 0 unspecified atom stereocenters. The largest absolute Gasteiger partial charge is 0.418 e. The normalized spacial score (nSPS) is 21.0. The minimum Gasteiger partial charge on any atom is -0.366 e. The molecule has 2 aromatic carbocycles. The maximum absolute atomic E-state index is 14.1. The fourth-order valence-electron chi connectivity index (χ4n) is 5.21. The number of alkyl halides is 6. The van der Waals surface area contributed by atoms with Crippen LogP contribution in [0.5, 0.6) is 0 Å². The molecule has 2 fully saturated rings. The van der Waals surface area contributed by atoms with Gasteiger partial charge < -0.3 is 9.47 Å². The summed E-state index contributed by atoms with van der Waals surface area (Å²) in [7, 11) is 0. The van der Waals surface area contributed by atoms with E-state index in [1.54, 1.807) is 6.07 Å². The Morgan fingerprint density at radius 2 is 1.41 bits per heavy atom. The van der Waals surface area contributed by atoms with Gasteiger partial charge >= 0.3 is 12.4 Å². The molecule has 0 saturated carbocycles. The molecule has 0 radical (unpaired) electrons. The van der Waals surface area contributed by atoms with Gasteiger partial charge in [-0.1, -0.05) is 6.07 Å². The van der Waals surface area contributed by atoms with Gasteiger partial charge in [0.25, 0.3) is 0 Å². The zero-order valence-corrected chi connectivity index (χ0v) is 16.7. The number of anilines is 1. The van der Waals surface area contributed by atoms with E-state index in [0.29, 0.717) is 5.69 Å². The average Bonchev–Trinajstić information content (AvgIpc) is 3.33. The number of rotatable bonds is 2. The van der Waals surface area contributed by atoms with Crippen molar-refractivity contribution in [3.63, 3.8) is 0 Å². The van der Waals surface area contributed by atoms with Crippen LogP contribution in [0.3, 0.4) is 0 Å². The maximum atomic E-state index is 14.1. The fraction of sp³-hybridized carbons (Fsp3) is 0.348. The first-order chi connectivity index (χ1) is 15.1. The Morgan fingerprint density at radius 1 is 0.781 bits per heavy atom. The van der Waals surface area contributed by atoms with Gasteiger partial charge in [0.1, 0.15) is 0 Å². The molecule has 3 aromatic rings. The van der Waals surface area contributed by atoms with Crippen LogP contribution in [0.15, 0.2) is 53.5 Å². The SMILES string of the molecule is O=c1ccn(-c2ccc(N3C4CCC3CC4)cc2C(F)(F)F)c2cccc(C(F)(F)F)c12. The van der Waals surface area contributed by atoms with Gasteiger partial charge in [0.2, 0.25) is 0 Å². The molecule has 1 aromatic heterocycles. The molecule has 0 amide bonds. The number of pyridine rings is 1. The number of hydrogen-bond donors (Lipinski definition) is 0. The van der Waals surface area contributed by atoms with E-state index >= 15 is 0 Å². The van der Waals surface area contributed by atoms with Crippen molar-refractivity contribution in [1.82, 2.24) is 4.57 Å². The monoisotopic (exact) mass is 452 g/mol. The van der Waals surface area contributed by atoms with Crippen LogP contribution < -0.4 is 10.3 Å². The summed E-state index contributed by atoms with van der Waals surface area (Å²) in [6, 6.07) is 8.30. The Hall–Kier alpha value is -2.97. The van der Waals surface area contributed by atoms with Gasteiger partial charge in [-0.25, -0.2) is 0 Å². The quantitative estimate of drug-likeness (QED) is 0.435. The van der Waals surface area contributed by atoms with E-state index in [4.69, 9.17) is 0 Å². The molecule has 3 heterocycles. The number of fused-ring (bicyclic) bond motifs is 3. The van der Waals surface area contributed by atoms with E-state index in [1.165, 1.54) is 12.1 Å². The Morgan fingerprint density at radius 3 is 2.00 bits per heavy atom. The van der Waals surface area contributed by atoms with Gasteiger partial charge in [0.15, 0.2) is 5.43 Å². The van der Waals surface area contributed by atoms with Crippen LogP contribution in [-0.2, 0) is 12.4 Å². The maximum Gasteiger partial charge on any atom is 0.418 e. The van der Waals surface area contributed by atoms with E-state index in [0.717, 1.165) is 60.7 Å². The lowest BCUT2D eigenvalue weighted by Crippen LogP contribution is -2.28. The first-order valence-electron chi connectivity index (χ1n) is 10.3. The molecular formula is C23H18F6N2O. The van der Waals surface area contributed by atoms with Crippen LogP contribution in [0.2, 0.25) is 0 Å². The standard InChI is InChI=1S/C23H18F6N2O/c24-22(25,26)16-2-1-3-19-21(16)20(32)10-11-30(19)18-9-8-15(12-17(18)23(27,28)29)31-13-4-5-14(31)7-6-13/h1-3,8-14H,4-7H2. The molecular weight excluding hydrogens is 434 g/mol. The number of nitrogens with zero attached hydrogens (tertiary/aromatic N) is 2. The van der Waals surface area contributed by atoms with Crippen LogP contribution in [0.1, 0.15) is 36.8 Å². The first kappa shape index (κ1) is 20.9. The van der Waals surface area contributed by atoms with Gasteiger partial charge in [0.05, 0.1) is 27.7 Å². The van der Waals surface area contributed by atoms with Gasteiger partial charge in [-0.05, 0) is 56.0 Å². The van der Waals surface area contributed by atoms with Gasteiger partial charge in [0, 0.05) is 30.0 Å². The van der Waals surface area contributed by atoms with E-state index in [9.17, 15) is 31.1 Å². The third kappa shape index (κ3) is 3.25. The lowest BCUT2D eigenvalue weighted by atomic mass is 10.0. The van der Waals surface area contributed by atoms with Crippen molar-refractivity contribution in [2.45, 2.75) is 50.1 Å². The summed E-state index contributed by atoms with van der Waals surface area (Å²) >= 11 is 0. The molecule has 32 heavy (non-hydrogen) atoms. The molecule has 3 nitrogen and oxygen atoms in total. The first-order valence-corrected chi connectivity index (χ1v) is 10.3. The molecule has 2 bridgehead atoms. The summed E-state index contributed by atoms with van der Waals surface area (Å²) in [5.41, 5.74) is -3.11. The highest BCUT2D eigenvalue weighted by molar-refractivity contribution is 5.85. The summed E-state index contributed by atoms with van der Waals surface area (Å²) in [5, 5.41) is -0.655. The minimum atomic E-state index is -4.82. The molecule has 0 N–H and O–H groups in total. The van der Waals surface area contributed by atoms with Crippen LogP contribution in [0, 0.1) is 0 Å². The molecule has 2 aliphatic rings. The summed E-state index contributed by atoms with van der Waals surface area (Å²) in [5.74, 6) is 0. The van der Waals surface area contributed by atoms with Crippen LogP contribution in [-0.4, -0.2) is 16.7 Å². The van der Waals surface area contributed by atoms with Crippen LogP contribution in [0.25, 0.3) is 16.6 Å². The average molecular weight is 452 g/mol. The number of benzene rings is 2. The molecule has 9 heteroatoms. The molecule has 5 rings (SSSR count). The topological polar surface area (TPSA) is 25.2 Å². The van der Waals surface area contributed by atoms with Crippen molar-refractivity contribution in [3.05, 3.63) is 70.0 Å². The predicted molar refractivity (Wildman–Crippen MR) is 108 cm³/mol. The Bertz CT molecular complexity index is 1240. The van der Waals surface area contributed by atoms with Gasteiger partial charge in [-0.3, -0.25) is 4.79 Å². The van der Waals surface area contributed by atoms with E-state index in [2.05, 4.69) is 0 Å². The van der Waals surface area contributed by atoms with Gasteiger partial charge in [-0.15, -0.1) is 0 Å². The Balaban J connectivity index is 1.73. The molecule has 168 valence electrons. The molecule has 0 atom stereocenters. The van der Waals surface area contributed by atoms with E-state index in [-0.39, 0.29) is 23.3 Å². The lowest BCUT2D eigenvalue weighted by Gasteiger charge is -2.27. The van der Waals surface area contributed by atoms with Gasteiger partial charge in [-0.2, -0.15) is 26.3 Å². The molecule has 2 aliphatic heterocycles. The zero-order valence-electron chi connectivity index (χ0n) is 16.7. The number of halogens is 6. The van der Waals surface area contributed by atoms with E-state index < -0.39 is 34.3 Å². The zero-order chi connectivity index (χ0) is 22.8. The fourth-order valence-corrected chi connectivity index (χ4v) is 5.21. The minimum absolute atomic E-state index is 0.217. The second-order valence-corrected chi connectivity index (χ2v) is 8.32. The smallest absolute Gasteiger partial charge is 0.366 e. The summed E-state index contributed by atoms with van der Waals surface area (Å²) in [6.07, 6.45) is -4.69. The summed E-state index contributed by atoms with van der Waals surface area (Å²) < 4.78 is 83.7. The highest BCUT2D eigenvalue weighted by atomic mass is 19.4. The number of aromatic nitrogens is 1. The van der Waals surface area contributed by atoms with Crippen LogP contribution in [0.4, 0.5) is 32.0 Å². The summed E-state index contributed by atoms with van der Waals surface area (Å²) in [4.78, 5) is 14.3. The van der Waals surface area contributed by atoms with E-state index in [1.807, 2.05) is 4.90 Å². The Labute approximate surface area is 178 Å². The lowest BCUT2D eigenvalue weighted by molar-refractivity contribution is -0.138. The van der Waals surface area contributed by atoms with Crippen molar-refractivity contribution >= 4 is 16.6 Å². The van der Waals surface area contributed by atoms with Crippen LogP contribution >= 0.6 is 0 Å². The summed E-state index contributed by atoms with van der Waals surface area (Å²) in [6.45, 7) is 0. The molecule has 2 saturated heterocycles. The highest BCUT2D eigenvalue weighted by Crippen LogP contribution is 2.44. The predicted octanol–water partition coefficient (Wildman–Crippen LogP) is 6.16. The van der Waals surface area contributed by atoms with Crippen molar-refractivity contribution < 1.29 is 26.3 Å². The second-order valence-electron chi connectivity index (χ2n) is 8.32. The van der Waals surface area contributed by atoms with Crippen molar-refractivity contribution in [1.29, 1.82) is 0 Å². The van der Waals surface area contributed by atoms with Crippen molar-refractivity contribution in [2.75, 3.05) is 4.90 Å². The molecule has 0 aliphatic carbocycles. The van der Waals surface area contributed by atoms with Crippen molar-refractivity contribution in [2.24, 2.45) is 0 Å².